The maximum absolute atomic E-state index is 13.8. The van der Waals surface area contributed by atoms with Crippen LogP contribution < -0.4 is 0 Å². The third-order valence-electron chi connectivity index (χ3n) is 4.35. The molecule has 0 fully saturated rings. The first kappa shape index (κ1) is 18.0. The highest BCUT2D eigenvalue weighted by Crippen LogP contribution is 2.38. The van der Waals surface area contributed by atoms with Gasteiger partial charge in [0.1, 0.15) is 11.6 Å². The number of phenolic OH excluding ortho intramolecular Hbond substituents is 1. The van der Waals surface area contributed by atoms with Gasteiger partial charge in [0.25, 0.3) is 0 Å². The monoisotopic (exact) mass is 387 g/mol. The third kappa shape index (κ3) is 3.06. The third-order valence-corrected chi connectivity index (χ3v) is 4.35. The first-order valence-corrected chi connectivity index (χ1v) is 8.27. The molecule has 4 nitrogen and oxygen atoms in total. The van der Waals surface area contributed by atoms with E-state index >= 15 is 0 Å². The summed E-state index contributed by atoms with van der Waals surface area (Å²) in [4.78, 5) is 4.39. The maximum Gasteiger partial charge on any atom is 0.417 e. The zero-order valence-corrected chi connectivity index (χ0v) is 14.5. The zero-order chi connectivity index (χ0) is 20.1. The van der Waals surface area contributed by atoms with Gasteiger partial charge in [0.05, 0.1) is 28.0 Å². The summed E-state index contributed by atoms with van der Waals surface area (Å²) in [5, 5.41) is 13.5. The zero-order valence-electron chi connectivity index (χ0n) is 14.5. The number of halogens is 4. The van der Waals surface area contributed by atoms with Crippen molar-refractivity contribution in [3.05, 3.63) is 71.7 Å². The molecule has 0 spiro atoms. The molecule has 142 valence electrons. The van der Waals surface area contributed by atoms with E-state index < -0.39 is 17.6 Å². The van der Waals surface area contributed by atoms with Gasteiger partial charge in [-0.3, -0.25) is 0 Å². The van der Waals surface area contributed by atoms with Crippen molar-refractivity contribution in [3.63, 3.8) is 0 Å². The fraction of sp³-hybridized carbons (Fsp3) is 0.100. The van der Waals surface area contributed by atoms with Crippen molar-refractivity contribution < 1.29 is 22.7 Å². The van der Waals surface area contributed by atoms with Gasteiger partial charge in [-0.2, -0.15) is 18.3 Å². The molecule has 0 saturated heterocycles. The summed E-state index contributed by atoms with van der Waals surface area (Å²) in [5.41, 5.74) is 0.214. The van der Waals surface area contributed by atoms with Crippen molar-refractivity contribution in [2.45, 2.75) is 13.1 Å². The Kier molecular flexibility index (Phi) is 4.06. The number of aromatic nitrogens is 3. The second-order valence-corrected chi connectivity index (χ2v) is 6.27. The lowest BCUT2D eigenvalue weighted by molar-refractivity contribution is -0.136. The molecule has 0 atom stereocenters. The standard InChI is InChI=1S/C20H13F4N3O/c1-11-18-16(20(22,23)24)10-17(12-2-8-15(28)9-3-12)25-19(18)27(26-11)14-6-4-13(21)5-7-14/h2-10,28H,1H3. The number of alkyl halides is 3. The minimum absolute atomic E-state index is 0.00642. The normalized spacial score (nSPS) is 11.9. The smallest absolute Gasteiger partial charge is 0.417 e. The molecule has 28 heavy (non-hydrogen) atoms. The molecule has 4 aromatic rings. The van der Waals surface area contributed by atoms with Gasteiger partial charge in [-0.15, -0.1) is 0 Å². The van der Waals surface area contributed by atoms with Crippen LogP contribution in [0.4, 0.5) is 17.6 Å². The largest absolute Gasteiger partial charge is 0.508 e. The molecule has 0 radical (unpaired) electrons. The molecule has 2 aromatic carbocycles. The minimum Gasteiger partial charge on any atom is -0.508 e. The van der Waals surface area contributed by atoms with Crippen LogP contribution in [0.5, 0.6) is 5.75 Å². The summed E-state index contributed by atoms with van der Waals surface area (Å²) in [6.07, 6.45) is -4.62. The Morgan fingerprint density at radius 3 is 2.21 bits per heavy atom. The van der Waals surface area contributed by atoms with E-state index in [1.165, 1.54) is 60.1 Å². The van der Waals surface area contributed by atoms with E-state index in [1.807, 2.05) is 0 Å². The Bertz CT molecular complexity index is 1160. The summed E-state index contributed by atoms with van der Waals surface area (Å²) in [5.74, 6) is -0.473. The number of fused-ring (bicyclic) bond motifs is 1. The topological polar surface area (TPSA) is 50.9 Å². The second kappa shape index (κ2) is 6.33. The molecule has 4 rings (SSSR count). The molecule has 0 amide bonds. The number of aromatic hydroxyl groups is 1. The second-order valence-electron chi connectivity index (χ2n) is 6.27. The fourth-order valence-corrected chi connectivity index (χ4v) is 3.05. The number of hydrogen-bond donors (Lipinski definition) is 1. The van der Waals surface area contributed by atoms with Gasteiger partial charge in [-0.1, -0.05) is 0 Å². The minimum atomic E-state index is -4.62. The summed E-state index contributed by atoms with van der Waals surface area (Å²) in [7, 11) is 0. The number of phenols is 1. The molecular weight excluding hydrogens is 374 g/mol. The fourth-order valence-electron chi connectivity index (χ4n) is 3.05. The molecule has 0 unspecified atom stereocenters. The number of rotatable bonds is 2. The summed E-state index contributed by atoms with van der Waals surface area (Å²) in [6.45, 7) is 1.47. The van der Waals surface area contributed by atoms with E-state index in [0.29, 0.717) is 11.3 Å². The van der Waals surface area contributed by atoms with E-state index in [1.54, 1.807) is 0 Å². The van der Waals surface area contributed by atoms with Crippen LogP contribution in [0.2, 0.25) is 0 Å². The Labute approximate surface area is 156 Å². The SMILES string of the molecule is Cc1nn(-c2ccc(F)cc2)c2nc(-c3ccc(O)cc3)cc(C(F)(F)F)c12. The van der Waals surface area contributed by atoms with Crippen molar-refractivity contribution in [2.75, 3.05) is 0 Å². The van der Waals surface area contributed by atoms with Gasteiger partial charge in [-0.05, 0) is 61.5 Å². The molecule has 0 saturated carbocycles. The Morgan fingerprint density at radius 1 is 0.964 bits per heavy atom. The van der Waals surface area contributed by atoms with Gasteiger partial charge >= 0.3 is 6.18 Å². The van der Waals surface area contributed by atoms with Crippen molar-refractivity contribution >= 4 is 11.0 Å². The van der Waals surface area contributed by atoms with Crippen LogP contribution in [0.25, 0.3) is 28.0 Å². The summed E-state index contributed by atoms with van der Waals surface area (Å²) < 4.78 is 55.8. The lowest BCUT2D eigenvalue weighted by atomic mass is 10.1. The van der Waals surface area contributed by atoms with E-state index in [0.717, 1.165) is 6.07 Å². The number of hydrogen-bond acceptors (Lipinski definition) is 3. The number of benzene rings is 2. The molecule has 0 bridgehead atoms. The molecule has 1 N–H and O–H groups in total. The average molecular weight is 387 g/mol. The van der Waals surface area contributed by atoms with Crippen molar-refractivity contribution in [2.24, 2.45) is 0 Å². The van der Waals surface area contributed by atoms with Crippen LogP contribution in [0.3, 0.4) is 0 Å². The molecule has 0 aliphatic rings. The number of nitrogens with zero attached hydrogens (tertiary/aromatic N) is 3. The van der Waals surface area contributed by atoms with Gasteiger partial charge in [0.2, 0.25) is 0 Å². The lowest BCUT2D eigenvalue weighted by Crippen LogP contribution is -2.08. The van der Waals surface area contributed by atoms with E-state index in [9.17, 15) is 22.7 Å². The van der Waals surface area contributed by atoms with Gasteiger partial charge in [0.15, 0.2) is 5.65 Å². The average Bonchev–Trinajstić information content (AvgIpc) is 2.98. The number of aryl methyl sites for hydroxylation is 1. The first-order valence-electron chi connectivity index (χ1n) is 8.27. The van der Waals surface area contributed by atoms with Crippen molar-refractivity contribution in [3.8, 4) is 22.7 Å². The molecule has 2 heterocycles. The molecule has 0 aliphatic carbocycles. The summed E-state index contributed by atoms with van der Waals surface area (Å²) in [6, 6.07) is 11.9. The van der Waals surface area contributed by atoms with Gasteiger partial charge in [0, 0.05) is 5.56 Å². The van der Waals surface area contributed by atoms with Crippen molar-refractivity contribution in [1.82, 2.24) is 14.8 Å². The maximum atomic E-state index is 13.8. The van der Waals surface area contributed by atoms with Crippen LogP contribution in [-0.4, -0.2) is 19.9 Å². The predicted octanol–water partition coefficient (Wildman–Crippen LogP) is 5.26. The van der Waals surface area contributed by atoms with Crippen LogP contribution >= 0.6 is 0 Å². The molecule has 8 heteroatoms. The highest BCUT2D eigenvalue weighted by Gasteiger charge is 2.35. The predicted molar refractivity (Wildman–Crippen MR) is 95.7 cm³/mol. The Morgan fingerprint density at radius 2 is 1.61 bits per heavy atom. The van der Waals surface area contributed by atoms with Crippen LogP contribution in [-0.2, 0) is 6.18 Å². The molecule has 2 aromatic heterocycles. The molecular formula is C20H13F4N3O. The summed E-state index contributed by atoms with van der Waals surface area (Å²) >= 11 is 0. The van der Waals surface area contributed by atoms with Crippen molar-refractivity contribution in [1.29, 1.82) is 0 Å². The van der Waals surface area contributed by atoms with Crippen LogP contribution in [0.15, 0.2) is 54.6 Å². The highest BCUT2D eigenvalue weighted by atomic mass is 19.4. The molecule has 0 aliphatic heterocycles. The van der Waals surface area contributed by atoms with Gasteiger partial charge in [-0.25, -0.2) is 14.1 Å². The van der Waals surface area contributed by atoms with Crippen LogP contribution in [0, 0.1) is 12.7 Å². The Balaban J connectivity index is 2.04. The highest BCUT2D eigenvalue weighted by molar-refractivity contribution is 5.87. The van der Waals surface area contributed by atoms with Crippen LogP contribution in [0.1, 0.15) is 11.3 Å². The first-order chi connectivity index (χ1) is 13.2. The Hall–Kier alpha value is -3.42. The van der Waals surface area contributed by atoms with Gasteiger partial charge < -0.3 is 5.11 Å². The van der Waals surface area contributed by atoms with E-state index in [-0.39, 0.29) is 28.2 Å². The lowest BCUT2D eigenvalue weighted by Gasteiger charge is -2.12. The quantitative estimate of drug-likeness (QED) is 0.478. The van der Waals surface area contributed by atoms with E-state index in [2.05, 4.69) is 10.1 Å². The van der Waals surface area contributed by atoms with E-state index in [4.69, 9.17) is 0 Å². The number of pyridine rings is 1.